The summed E-state index contributed by atoms with van der Waals surface area (Å²) in [5.41, 5.74) is 1.96. The van der Waals surface area contributed by atoms with Gasteiger partial charge < -0.3 is 9.32 Å². The first-order valence-corrected chi connectivity index (χ1v) is 6.76. The molecule has 5 nitrogen and oxygen atoms in total. The summed E-state index contributed by atoms with van der Waals surface area (Å²) >= 11 is 0. The van der Waals surface area contributed by atoms with Crippen molar-refractivity contribution in [2.24, 2.45) is 0 Å². The lowest BCUT2D eigenvalue weighted by atomic mass is 10.2. The summed E-state index contributed by atoms with van der Waals surface area (Å²) < 4.78 is 5.23. The van der Waals surface area contributed by atoms with Crippen LogP contribution in [0, 0.1) is 6.92 Å². The third kappa shape index (κ3) is 3.66. The summed E-state index contributed by atoms with van der Waals surface area (Å²) in [7, 11) is 0. The van der Waals surface area contributed by atoms with Gasteiger partial charge in [-0.3, -0.25) is 9.78 Å². The fourth-order valence-electron chi connectivity index (χ4n) is 2.02. The van der Waals surface area contributed by atoms with Crippen molar-refractivity contribution in [1.29, 1.82) is 0 Å². The van der Waals surface area contributed by atoms with E-state index in [2.05, 4.69) is 9.97 Å². The number of aromatic nitrogens is 2. The Morgan fingerprint density at radius 1 is 1.35 bits per heavy atom. The Bertz CT molecular complexity index is 551. The number of hydrogen-bond acceptors (Lipinski definition) is 4. The SMILES string of the molecule is CCN(CCc1ccncc1)C(=O)Cc1ocnc1C. The van der Waals surface area contributed by atoms with Gasteiger partial charge in [0.1, 0.15) is 5.76 Å². The van der Waals surface area contributed by atoms with E-state index in [9.17, 15) is 4.79 Å². The summed E-state index contributed by atoms with van der Waals surface area (Å²) in [6.07, 6.45) is 6.02. The van der Waals surface area contributed by atoms with Gasteiger partial charge in [-0.25, -0.2) is 4.98 Å². The number of aryl methyl sites for hydroxylation is 1. The molecule has 0 aliphatic carbocycles. The molecule has 0 aliphatic heterocycles. The Labute approximate surface area is 118 Å². The van der Waals surface area contributed by atoms with Crippen LogP contribution in [0.15, 0.2) is 35.3 Å². The van der Waals surface area contributed by atoms with Crippen LogP contribution in [-0.2, 0) is 17.6 Å². The minimum atomic E-state index is 0.0707. The van der Waals surface area contributed by atoms with Crippen molar-refractivity contribution in [2.45, 2.75) is 26.7 Å². The van der Waals surface area contributed by atoms with E-state index in [1.165, 1.54) is 12.0 Å². The average molecular weight is 273 g/mol. The van der Waals surface area contributed by atoms with E-state index in [-0.39, 0.29) is 12.3 Å². The molecule has 0 radical (unpaired) electrons. The van der Waals surface area contributed by atoms with E-state index < -0.39 is 0 Å². The number of nitrogens with zero attached hydrogens (tertiary/aromatic N) is 3. The molecule has 2 aromatic heterocycles. The van der Waals surface area contributed by atoms with Gasteiger partial charge in [0, 0.05) is 25.5 Å². The Hall–Kier alpha value is -2.17. The average Bonchev–Trinajstić information content (AvgIpc) is 2.86. The van der Waals surface area contributed by atoms with Crippen LogP contribution in [0.4, 0.5) is 0 Å². The number of likely N-dealkylation sites (N-methyl/N-ethyl adjacent to an activating group) is 1. The van der Waals surface area contributed by atoms with E-state index in [1.54, 1.807) is 12.4 Å². The van der Waals surface area contributed by atoms with E-state index in [0.29, 0.717) is 18.8 Å². The molecule has 0 unspecified atom stereocenters. The monoisotopic (exact) mass is 273 g/mol. The second-order valence-corrected chi connectivity index (χ2v) is 4.62. The number of carbonyl (C=O) groups is 1. The minimum Gasteiger partial charge on any atom is -0.448 e. The minimum absolute atomic E-state index is 0.0707. The molecule has 106 valence electrons. The van der Waals surface area contributed by atoms with Crippen LogP contribution in [-0.4, -0.2) is 33.9 Å². The maximum atomic E-state index is 12.2. The molecule has 0 N–H and O–H groups in total. The Kier molecular flexibility index (Phi) is 4.87. The van der Waals surface area contributed by atoms with Gasteiger partial charge in [0.2, 0.25) is 5.91 Å². The fourth-order valence-corrected chi connectivity index (χ4v) is 2.02. The van der Waals surface area contributed by atoms with Gasteiger partial charge in [-0.15, -0.1) is 0 Å². The zero-order chi connectivity index (χ0) is 14.4. The molecule has 0 atom stereocenters. The lowest BCUT2D eigenvalue weighted by Gasteiger charge is -2.20. The van der Waals surface area contributed by atoms with E-state index >= 15 is 0 Å². The lowest BCUT2D eigenvalue weighted by molar-refractivity contribution is -0.130. The van der Waals surface area contributed by atoms with Crippen LogP contribution in [0.25, 0.3) is 0 Å². The largest absolute Gasteiger partial charge is 0.448 e. The number of carbonyl (C=O) groups excluding carboxylic acids is 1. The zero-order valence-electron chi connectivity index (χ0n) is 11.9. The normalized spacial score (nSPS) is 10.5. The van der Waals surface area contributed by atoms with Crippen LogP contribution >= 0.6 is 0 Å². The zero-order valence-corrected chi connectivity index (χ0v) is 11.9. The second-order valence-electron chi connectivity index (χ2n) is 4.62. The van der Waals surface area contributed by atoms with Crippen molar-refractivity contribution in [1.82, 2.24) is 14.9 Å². The molecule has 0 bridgehead atoms. The number of rotatable bonds is 6. The third-order valence-electron chi connectivity index (χ3n) is 3.31. The van der Waals surface area contributed by atoms with Crippen molar-refractivity contribution in [3.63, 3.8) is 0 Å². The first kappa shape index (κ1) is 14.2. The predicted molar refractivity (Wildman–Crippen MR) is 75.1 cm³/mol. The van der Waals surface area contributed by atoms with E-state index in [4.69, 9.17) is 4.42 Å². The predicted octanol–water partition coefficient (Wildman–Crippen LogP) is 2.01. The van der Waals surface area contributed by atoms with Crippen LogP contribution < -0.4 is 0 Å². The molecule has 0 aliphatic rings. The standard InChI is InChI=1S/C15H19N3O2/c1-3-18(9-6-13-4-7-16-8-5-13)15(19)10-14-12(2)17-11-20-14/h4-5,7-8,11H,3,6,9-10H2,1-2H3. The first-order chi connectivity index (χ1) is 9.70. The van der Waals surface area contributed by atoms with E-state index in [0.717, 1.165) is 12.1 Å². The Morgan fingerprint density at radius 2 is 2.10 bits per heavy atom. The molecule has 5 heteroatoms. The van der Waals surface area contributed by atoms with Gasteiger partial charge >= 0.3 is 0 Å². The van der Waals surface area contributed by atoms with Crippen molar-refractivity contribution < 1.29 is 9.21 Å². The molecule has 0 aromatic carbocycles. The molecular weight excluding hydrogens is 254 g/mol. The van der Waals surface area contributed by atoms with Crippen molar-refractivity contribution >= 4 is 5.91 Å². The van der Waals surface area contributed by atoms with Crippen LogP contribution in [0.3, 0.4) is 0 Å². The highest BCUT2D eigenvalue weighted by Crippen LogP contribution is 2.08. The molecule has 1 amide bonds. The highest BCUT2D eigenvalue weighted by molar-refractivity contribution is 5.78. The van der Waals surface area contributed by atoms with Crippen molar-refractivity contribution in [2.75, 3.05) is 13.1 Å². The molecule has 2 rings (SSSR count). The molecular formula is C15H19N3O2. The third-order valence-corrected chi connectivity index (χ3v) is 3.31. The molecule has 2 heterocycles. The van der Waals surface area contributed by atoms with Gasteiger partial charge in [0.05, 0.1) is 12.1 Å². The summed E-state index contributed by atoms with van der Waals surface area (Å²) in [5.74, 6) is 0.721. The molecule has 2 aromatic rings. The number of oxazole rings is 1. The smallest absolute Gasteiger partial charge is 0.230 e. The molecule has 0 spiro atoms. The maximum Gasteiger partial charge on any atom is 0.230 e. The summed E-state index contributed by atoms with van der Waals surface area (Å²) in [6.45, 7) is 5.22. The summed E-state index contributed by atoms with van der Waals surface area (Å²) in [4.78, 5) is 22.1. The van der Waals surface area contributed by atoms with Gasteiger partial charge in [0.25, 0.3) is 0 Å². The summed E-state index contributed by atoms with van der Waals surface area (Å²) in [5, 5.41) is 0. The molecule has 0 fully saturated rings. The first-order valence-electron chi connectivity index (χ1n) is 6.76. The van der Waals surface area contributed by atoms with Gasteiger partial charge in [-0.2, -0.15) is 0 Å². The summed E-state index contributed by atoms with van der Waals surface area (Å²) in [6, 6.07) is 3.94. The highest BCUT2D eigenvalue weighted by atomic mass is 16.3. The van der Waals surface area contributed by atoms with Crippen LogP contribution in [0.2, 0.25) is 0 Å². The van der Waals surface area contributed by atoms with Crippen molar-refractivity contribution in [3.8, 4) is 0 Å². The van der Waals surface area contributed by atoms with Crippen molar-refractivity contribution in [3.05, 3.63) is 47.9 Å². The van der Waals surface area contributed by atoms with Gasteiger partial charge in [-0.05, 0) is 38.0 Å². The fraction of sp³-hybridized carbons (Fsp3) is 0.400. The second kappa shape index (κ2) is 6.84. The van der Waals surface area contributed by atoms with Gasteiger partial charge in [0.15, 0.2) is 6.39 Å². The number of amides is 1. The maximum absolute atomic E-state index is 12.2. The van der Waals surface area contributed by atoms with E-state index in [1.807, 2.05) is 30.9 Å². The highest BCUT2D eigenvalue weighted by Gasteiger charge is 2.15. The topological polar surface area (TPSA) is 59.2 Å². The van der Waals surface area contributed by atoms with Crippen LogP contribution in [0.5, 0.6) is 0 Å². The van der Waals surface area contributed by atoms with Gasteiger partial charge in [-0.1, -0.05) is 0 Å². The number of hydrogen-bond donors (Lipinski definition) is 0. The Balaban J connectivity index is 1.91. The quantitative estimate of drug-likeness (QED) is 0.808. The van der Waals surface area contributed by atoms with Crippen LogP contribution in [0.1, 0.15) is 23.9 Å². The molecule has 0 saturated heterocycles. The lowest BCUT2D eigenvalue weighted by Crippen LogP contribution is -2.34. The Morgan fingerprint density at radius 3 is 2.70 bits per heavy atom. The number of pyridine rings is 1. The molecule has 0 saturated carbocycles. The molecule has 20 heavy (non-hydrogen) atoms.